The maximum atomic E-state index is 13.7. The summed E-state index contributed by atoms with van der Waals surface area (Å²) in [6, 6.07) is 13.2. The van der Waals surface area contributed by atoms with Crippen LogP contribution in [0.1, 0.15) is 30.0 Å². The first kappa shape index (κ1) is 19.7. The van der Waals surface area contributed by atoms with E-state index in [1.54, 1.807) is 18.2 Å². The lowest BCUT2D eigenvalue weighted by molar-refractivity contribution is -0.126. The van der Waals surface area contributed by atoms with E-state index in [2.05, 4.69) is 10.6 Å². The Morgan fingerprint density at radius 2 is 1.76 bits per heavy atom. The van der Waals surface area contributed by atoms with Gasteiger partial charge in [-0.2, -0.15) is 0 Å². The van der Waals surface area contributed by atoms with Crippen LogP contribution in [0.3, 0.4) is 0 Å². The molecule has 1 amide bonds. The Hall–Kier alpha value is -1.62. The summed E-state index contributed by atoms with van der Waals surface area (Å²) >= 11 is 6.10. The third kappa shape index (κ3) is 5.18. The van der Waals surface area contributed by atoms with Gasteiger partial charge in [0.1, 0.15) is 5.82 Å². The lowest BCUT2D eigenvalue weighted by Gasteiger charge is -2.26. The van der Waals surface area contributed by atoms with Gasteiger partial charge in [-0.25, -0.2) is 4.39 Å². The fourth-order valence-electron chi connectivity index (χ4n) is 3.08. The Kier molecular flexibility index (Phi) is 7.24. The van der Waals surface area contributed by atoms with Crippen LogP contribution in [-0.4, -0.2) is 19.0 Å². The molecule has 2 aromatic carbocycles. The fourth-order valence-corrected chi connectivity index (χ4v) is 3.27. The van der Waals surface area contributed by atoms with E-state index in [1.165, 1.54) is 12.1 Å². The van der Waals surface area contributed by atoms with Gasteiger partial charge in [-0.15, -0.1) is 12.4 Å². The van der Waals surface area contributed by atoms with Gasteiger partial charge in [0, 0.05) is 10.9 Å². The molecule has 6 heteroatoms. The average molecular weight is 383 g/mol. The SMILES string of the molecule is Cl.O=C(NC(c1cccc(F)c1)c1cccc(Cl)c1)C1CCNCC1. The highest BCUT2D eigenvalue weighted by Crippen LogP contribution is 2.26. The number of rotatable bonds is 4. The summed E-state index contributed by atoms with van der Waals surface area (Å²) in [6.45, 7) is 1.69. The molecule has 1 saturated heterocycles. The van der Waals surface area contributed by atoms with Gasteiger partial charge in [-0.05, 0) is 61.3 Å². The molecule has 1 aliphatic heterocycles. The van der Waals surface area contributed by atoms with Gasteiger partial charge in [0.2, 0.25) is 5.91 Å². The van der Waals surface area contributed by atoms with Crippen molar-refractivity contribution in [3.8, 4) is 0 Å². The van der Waals surface area contributed by atoms with Crippen LogP contribution in [0.5, 0.6) is 0 Å². The molecule has 1 fully saturated rings. The van der Waals surface area contributed by atoms with E-state index in [9.17, 15) is 9.18 Å². The Morgan fingerprint density at radius 3 is 2.40 bits per heavy atom. The summed E-state index contributed by atoms with van der Waals surface area (Å²) in [5.41, 5.74) is 1.55. The van der Waals surface area contributed by atoms with Gasteiger partial charge in [-0.1, -0.05) is 35.9 Å². The molecule has 134 valence electrons. The number of carbonyl (C=O) groups is 1. The van der Waals surface area contributed by atoms with Crippen molar-refractivity contribution in [3.05, 3.63) is 70.5 Å². The molecule has 0 spiro atoms. The molecule has 3 nitrogen and oxygen atoms in total. The van der Waals surface area contributed by atoms with Crippen LogP contribution in [0.2, 0.25) is 5.02 Å². The second-order valence-electron chi connectivity index (χ2n) is 6.08. The predicted octanol–water partition coefficient (Wildman–Crippen LogP) is 4.11. The zero-order valence-corrected chi connectivity index (χ0v) is 15.2. The maximum absolute atomic E-state index is 13.7. The molecular weight excluding hydrogens is 362 g/mol. The van der Waals surface area contributed by atoms with Crippen molar-refractivity contribution < 1.29 is 9.18 Å². The van der Waals surface area contributed by atoms with Crippen LogP contribution < -0.4 is 10.6 Å². The largest absolute Gasteiger partial charge is 0.345 e. The summed E-state index contributed by atoms with van der Waals surface area (Å²) in [4.78, 5) is 12.7. The molecule has 1 heterocycles. The minimum atomic E-state index is -0.415. The number of halogens is 3. The highest BCUT2D eigenvalue weighted by atomic mass is 35.5. The van der Waals surface area contributed by atoms with Crippen LogP contribution in [-0.2, 0) is 4.79 Å². The summed E-state index contributed by atoms with van der Waals surface area (Å²) in [6.07, 6.45) is 1.63. The van der Waals surface area contributed by atoms with E-state index in [1.807, 2.05) is 18.2 Å². The van der Waals surface area contributed by atoms with Crippen LogP contribution in [0.25, 0.3) is 0 Å². The van der Waals surface area contributed by atoms with Crippen LogP contribution in [0, 0.1) is 11.7 Å². The van der Waals surface area contributed by atoms with Gasteiger partial charge < -0.3 is 10.6 Å². The second-order valence-corrected chi connectivity index (χ2v) is 6.51. The van der Waals surface area contributed by atoms with Crippen LogP contribution >= 0.6 is 24.0 Å². The van der Waals surface area contributed by atoms with Gasteiger partial charge >= 0.3 is 0 Å². The van der Waals surface area contributed by atoms with Crippen molar-refractivity contribution in [1.29, 1.82) is 0 Å². The molecule has 25 heavy (non-hydrogen) atoms. The highest BCUT2D eigenvalue weighted by molar-refractivity contribution is 6.30. The van der Waals surface area contributed by atoms with Crippen LogP contribution in [0.15, 0.2) is 48.5 Å². The van der Waals surface area contributed by atoms with E-state index in [0.29, 0.717) is 10.6 Å². The molecule has 0 aromatic heterocycles. The third-order valence-corrected chi connectivity index (χ3v) is 4.60. The molecular formula is C19H21Cl2FN2O. The standard InChI is InChI=1S/C19H20ClFN2O.ClH/c20-16-5-1-3-14(11-16)18(15-4-2-6-17(21)12-15)23-19(24)13-7-9-22-10-8-13;/h1-6,11-13,18,22H,7-10H2,(H,23,24);1H. The number of benzene rings is 2. The number of nitrogens with one attached hydrogen (secondary N) is 2. The second kappa shape index (κ2) is 9.18. The highest BCUT2D eigenvalue weighted by Gasteiger charge is 2.25. The lowest BCUT2D eigenvalue weighted by Crippen LogP contribution is -2.40. The molecule has 1 aliphatic rings. The number of hydrogen-bond acceptors (Lipinski definition) is 2. The molecule has 0 saturated carbocycles. The zero-order chi connectivity index (χ0) is 16.9. The number of carbonyl (C=O) groups excluding carboxylic acids is 1. The Morgan fingerprint density at radius 1 is 1.12 bits per heavy atom. The molecule has 2 N–H and O–H groups in total. The van der Waals surface area contributed by atoms with E-state index < -0.39 is 6.04 Å². The van der Waals surface area contributed by atoms with E-state index in [0.717, 1.165) is 31.5 Å². The third-order valence-electron chi connectivity index (χ3n) is 4.36. The molecule has 0 radical (unpaired) electrons. The fraction of sp³-hybridized carbons (Fsp3) is 0.316. The van der Waals surface area contributed by atoms with E-state index in [4.69, 9.17) is 11.6 Å². The van der Waals surface area contributed by atoms with Crippen molar-refractivity contribution in [2.75, 3.05) is 13.1 Å². The number of hydrogen-bond donors (Lipinski definition) is 2. The predicted molar refractivity (Wildman–Crippen MR) is 101 cm³/mol. The molecule has 1 atom stereocenters. The van der Waals surface area contributed by atoms with Crippen molar-refractivity contribution in [2.45, 2.75) is 18.9 Å². The van der Waals surface area contributed by atoms with Crippen molar-refractivity contribution in [1.82, 2.24) is 10.6 Å². The van der Waals surface area contributed by atoms with E-state index >= 15 is 0 Å². The first-order chi connectivity index (χ1) is 11.6. The zero-order valence-electron chi connectivity index (χ0n) is 13.7. The normalized spacial score (nSPS) is 15.9. The Balaban J connectivity index is 0.00000225. The molecule has 0 bridgehead atoms. The first-order valence-corrected chi connectivity index (χ1v) is 8.53. The topological polar surface area (TPSA) is 41.1 Å². The molecule has 0 aliphatic carbocycles. The monoisotopic (exact) mass is 382 g/mol. The van der Waals surface area contributed by atoms with Gasteiger partial charge in [0.15, 0.2) is 0 Å². The first-order valence-electron chi connectivity index (χ1n) is 8.15. The minimum absolute atomic E-state index is 0. The maximum Gasteiger partial charge on any atom is 0.223 e. The summed E-state index contributed by atoms with van der Waals surface area (Å²) in [7, 11) is 0. The minimum Gasteiger partial charge on any atom is -0.345 e. The quantitative estimate of drug-likeness (QED) is 0.835. The number of amides is 1. The summed E-state index contributed by atoms with van der Waals surface area (Å²) < 4.78 is 13.7. The van der Waals surface area contributed by atoms with Crippen molar-refractivity contribution >= 4 is 29.9 Å². The molecule has 3 rings (SSSR count). The Bertz CT molecular complexity index is 675. The van der Waals surface area contributed by atoms with Crippen molar-refractivity contribution in [3.63, 3.8) is 0 Å². The number of piperidine rings is 1. The van der Waals surface area contributed by atoms with Gasteiger partial charge in [0.25, 0.3) is 0 Å². The van der Waals surface area contributed by atoms with E-state index in [-0.39, 0.29) is 30.0 Å². The smallest absolute Gasteiger partial charge is 0.223 e. The van der Waals surface area contributed by atoms with Crippen molar-refractivity contribution in [2.24, 2.45) is 5.92 Å². The average Bonchev–Trinajstić information content (AvgIpc) is 2.60. The van der Waals surface area contributed by atoms with Gasteiger partial charge in [0.05, 0.1) is 6.04 Å². The Labute approximate surface area is 158 Å². The molecule has 1 unspecified atom stereocenters. The summed E-state index contributed by atoms with van der Waals surface area (Å²) in [5.74, 6) is -0.331. The lowest BCUT2D eigenvalue weighted by atomic mass is 9.94. The van der Waals surface area contributed by atoms with Crippen LogP contribution in [0.4, 0.5) is 4.39 Å². The summed E-state index contributed by atoms with van der Waals surface area (Å²) in [5, 5.41) is 6.92. The molecule has 2 aromatic rings. The van der Waals surface area contributed by atoms with Gasteiger partial charge in [-0.3, -0.25) is 4.79 Å².